The van der Waals surface area contributed by atoms with Gasteiger partial charge in [-0.1, -0.05) is 0 Å². The molecule has 2 rings (SSSR count). The largest absolute Gasteiger partial charge is 0.493 e. The zero-order valence-electron chi connectivity index (χ0n) is 12.2. The second-order valence-corrected chi connectivity index (χ2v) is 4.86. The van der Waals surface area contributed by atoms with Crippen LogP contribution < -0.4 is 9.47 Å². The number of halogens is 1. The van der Waals surface area contributed by atoms with Crippen LogP contribution in [0.15, 0.2) is 12.1 Å². The average Bonchev–Trinajstić information content (AvgIpc) is 2.49. The van der Waals surface area contributed by atoms with Gasteiger partial charge in [-0.2, -0.15) is 0 Å². The number of morpholine rings is 1. The van der Waals surface area contributed by atoms with Crippen molar-refractivity contribution in [3.8, 4) is 11.5 Å². The first-order valence-corrected chi connectivity index (χ1v) is 6.95. The molecule has 0 N–H and O–H groups in total. The van der Waals surface area contributed by atoms with Crippen molar-refractivity contribution in [1.29, 1.82) is 0 Å². The zero-order valence-corrected chi connectivity index (χ0v) is 12.2. The maximum atomic E-state index is 13.9. The van der Waals surface area contributed by atoms with Crippen LogP contribution in [0.4, 0.5) is 4.39 Å². The van der Waals surface area contributed by atoms with E-state index in [2.05, 4.69) is 4.90 Å². The number of benzene rings is 1. The first-order valence-electron chi connectivity index (χ1n) is 6.95. The summed E-state index contributed by atoms with van der Waals surface area (Å²) in [7, 11) is 3.07. The topological polar surface area (TPSA) is 30.9 Å². The van der Waals surface area contributed by atoms with E-state index < -0.39 is 0 Å². The van der Waals surface area contributed by atoms with Gasteiger partial charge in [-0.3, -0.25) is 4.90 Å². The number of hydrogen-bond donors (Lipinski definition) is 0. The zero-order chi connectivity index (χ0) is 14.4. The van der Waals surface area contributed by atoms with Gasteiger partial charge in [0.05, 0.1) is 27.4 Å². The Hall–Kier alpha value is -1.33. The predicted molar refractivity (Wildman–Crippen MR) is 75.1 cm³/mol. The molecule has 1 aromatic rings. The summed E-state index contributed by atoms with van der Waals surface area (Å²) in [5.74, 6) is 0.779. The molecule has 0 saturated carbocycles. The third-order valence-corrected chi connectivity index (χ3v) is 3.58. The highest BCUT2D eigenvalue weighted by Crippen LogP contribution is 2.30. The summed E-state index contributed by atoms with van der Waals surface area (Å²) in [5.41, 5.74) is 0.677. The number of nitrogens with zero attached hydrogens (tertiary/aromatic N) is 1. The van der Waals surface area contributed by atoms with Crippen molar-refractivity contribution in [3.05, 3.63) is 23.5 Å². The van der Waals surface area contributed by atoms with Gasteiger partial charge in [0.15, 0.2) is 11.5 Å². The van der Waals surface area contributed by atoms with E-state index in [9.17, 15) is 4.39 Å². The van der Waals surface area contributed by atoms with Crippen molar-refractivity contribution in [2.24, 2.45) is 0 Å². The Morgan fingerprint density at radius 2 is 1.80 bits per heavy atom. The minimum absolute atomic E-state index is 0.232. The molecule has 0 aliphatic carbocycles. The lowest BCUT2D eigenvalue weighted by atomic mass is 10.1. The molecule has 0 atom stereocenters. The van der Waals surface area contributed by atoms with Crippen molar-refractivity contribution in [1.82, 2.24) is 4.90 Å². The summed E-state index contributed by atoms with van der Waals surface area (Å²) < 4.78 is 29.6. The number of ether oxygens (including phenoxy) is 3. The van der Waals surface area contributed by atoms with Crippen LogP contribution in [0.5, 0.6) is 11.5 Å². The highest BCUT2D eigenvalue weighted by molar-refractivity contribution is 5.43. The van der Waals surface area contributed by atoms with Gasteiger partial charge in [-0.25, -0.2) is 4.39 Å². The first-order chi connectivity index (χ1) is 9.74. The number of hydrogen-bond acceptors (Lipinski definition) is 4. The average molecular weight is 283 g/mol. The second-order valence-electron chi connectivity index (χ2n) is 4.86. The van der Waals surface area contributed by atoms with Crippen LogP contribution in [0.3, 0.4) is 0 Å². The van der Waals surface area contributed by atoms with Crippen LogP contribution in [0.25, 0.3) is 0 Å². The van der Waals surface area contributed by atoms with Gasteiger partial charge in [-0.05, 0) is 31.0 Å². The van der Waals surface area contributed by atoms with E-state index in [0.29, 0.717) is 23.5 Å². The van der Waals surface area contributed by atoms with E-state index in [1.165, 1.54) is 13.2 Å². The van der Waals surface area contributed by atoms with E-state index in [-0.39, 0.29) is 5.82 Å². The molecule has 0 spiro atoms. The van der Waals surface area contributed by atoms with Gasteiger partial charge in [0.2, 0.25) is 0 Å². The molecule has 1 aliphatic rings. The van der Waals surface area contributed by atoms with Gasteiger partial charge in [-0.15, -0.1) is 0 Å². The lowest BCUT2D eigenvalue weighted by molar-refractivity contribution is 0.0374. The summed E-state index contributed by atoms with van der Waals surface area (Å²) in [4.78, 5) is 2.35. The van der Waals surface area contributed by atoms with Gasteiger partial charge < -0.3 is 14.2 Å². The number of aryl methyl sites for hydroxylation is 1. The van der Waals surface area contributed by atoms with Crippen LogP contribution in [0.2, 0.25) is 0 Å². The summed E-state index contributed by atoms with van der Waals surface area (Å²) >= 11 is 0. The summed E-state index contributed by atoms with van der Waals surface area (Å²) in [6.45, 7) is 4.50. The Balaban J connectivity index is 1.91. The summed E-state index contributed by atoms with van der Waals surface area (Å²) in [6, 6.07) is 3.12. The molecule has 0 aromatic heterocycles. The third kappa shape index (κ3) is 3.84. The van der Waals surface area contributed by atoms with Crippen molar-refractivity contribution in [2.45, 2.75) is 12.8 Å². The monoisotopic (exact) mass is 283 g/mol. The molecule has 1 aliphatic heterocycles. The number of rotatable bonds is 6. The standard InChI is InChI=1S/C15H22FNO3/c1-18-14-10-12(13(16)11-15(14)19-2)4-3-5-17-6-8-20-9-7-17/h10-11H,3-9H2,1-2H3. The van der Waals surface area contributed by atoms with Gasteiger partial charge in [0.1, 0.15) is 5.82 Å². The fourth-order valence-corrected chi connectivity index (χ4v) is 2.41. The molecule has 1 heterocycles. The molecule has 0 bridgehead atoms. The highest BCUT2D eigenvalue weighted by Gasteiger charge is 2.13. The van der Waals surface area contributed by atoms with Crippen LogP contribution in [-0.2, 0) is 11.2 Å². The summed E-state index contributed by atoms with van der Waals surface area (Å²) in [6.07, 6.45) is 1.62. The maximum absolute atomic E-state index is 13.9. The quantitative estimate of drug-likeness (QED) is 0.800. The molecular formula is C15H22FNO3. The Morgan fingerprint density at radius 3 is 2.45 bits per heavy atom. The van der Waals surface area contributed by atoms with E-state index in [1.54, 1.807) is 13.2 Å². The minimum atomic E-state index is -0.232. The molecule has 1 fully saturated rings. The van der Waals surface area contributed by atoms with Gasteiger partial charge in [0.25, 0.3) is 0 Å². The SMILES string of the molecule is COc1cc(F)c(CCCN2CCOCC2)cc1OC. The molecule has 1 aromatic carbocycles. The second kappa shape index (κ2) is 7.45. The molecule has 1 saturated heterocycles. The Kier molecular flexibility index (Phi) is 5.61. The molecule has 0 amide bonds. The number of methoxy groups -OCH3 is 2. The van der Waals surface area contributed by atoms with Crippen LogP contribution in [-0.4, -0.2) is 52.0 Å². The van der Waals surface area contributed by atoms with Crippen molar-refractivity contribution < 1.29 is 18.6 Å². The molecule has 20 heavy (non-hydrogen) atoms. The predicted octanol–water partition coefficient (Wildman–Crippen LogP) is 2.11. The molecular weight excluding hydrogens is 261 g/mol. The van der Waals surface area contributed by atoms with Gasteiger partial charge in [0, 0.05) is 19.2 Å². The fourth-order valence-electron chi connectivity index (χ4n) is 2.41. The molecule has 5 heteroatoms. The Morgan fingerprint density at radius 1 is 1.15 bits per heavy atom. The molecule has 112 valence electrons. The van der Waals surface area contributed by atoms with Crippen LogP contribution >= 0.6 is 0 Å². The maximum Gasteiger partial charge on any atom is 0.163 e. The van der Waals surface area contributed by atoms with Crippen molar-refractivity contribution >= 4 is 0 Å². The lowest BCUT2D eigenvalue weighted by Crippen LogP contribution is -2.36. The molecule has 0 radical (unpaired) electrons. The Bertz CT molecular complexity index is 433. The summed E-state index contributed by atoms with van der Waals surface area (Å²) in [5, 5.41) is 0. The molecule has 4 nitrogen and oxygen atoms in total. The lowest BCUT2D eigenvalue weighted by Gasteiger charge is -2.26. The van der Waals surface area contributed by atoms with E-state index in [0.717, 1.165) is 39.3 Å². The van der Waals surface area contributed by atoms with Crippen LogP contribution in [0, 0.1) is 5.82 Å². The Labute approximate surface area is 119 Å². The van der Waals surface area contributed by atoms with Crippen LogP contribution in [0.1, 0.15) is 12.0 Å². The smallest absolute Gasteiger partial charge is 0.163 e. The van der Waals surface area contributed by atoms with E-state index in [1.807, 2.05) is 0 Å². The fraction of sp³-hybridized carbons (Fsp3) is 0.600. The highest BCUT2D eigenvalue weighted by atomic mass is 19.1. The minimum Gasteiger partial charge on any atom is -0.493 e. The normalized spacial score (nSPS) is 16.1. The van der Waals surface area contributed by atoms with Gasteiger partial charge >= 0.3 is 0 Å². The van der Waals surface area contributed by atoms with Crippen molar-refractivity contribution in [3.63, 3.8) is 0 Å². The van der Waals surface area contributed by atoms with E-state index >= 15 is 0 Å². The van der Waals surface area contributed by atoms with E-state index in [4.69, 9.17) is 14.2 Å². The first kappa shape index (κ1) is 15.1. The molecule has 0 unspecified atom stereocenters. The third-order valence-electron chi connectivity index (χ3n) is 3.58. The van der Waals surface area contributed by atoms with Crippen molar-refractivity contribution in [2.75, 3.05) is 47.1 Å².